The second-order valence-corrected chi connectivity index (χ2v) is 13.4. The topological polar surface area (TPSA) is 64.7 Å². The minimum absolute atomic E-state index is 0.599. The van der Waals surface area contributed by atoms with Crippen LogP contribution < -0.4 is 0 Å². The Morgan fingerprint density at radius 1 is 0.340 bits per heavy atom. The zero-order valence-electron chi connectivity index (χ0n) is 28.4. The number of pyridine rings is 1. The fourth-order valence-corrected chi connectivity index (χ4v) is 7.81. The first-order valence-corrected chi connectivity index (χ1v) is 17.7. The highest BCUT2D eigenvalue weighted by Crippen LogP contribution is 2.47. The fraction of sp³-hybridized carbons (Fsp3) is 0. The Kier molecular flexibility index (Phi) is 6.48. The zero-order valence-corrected chi connectivity index (χ0v) is 28.4. The fourth-order valence-electron chi connectivity index (χ4n) is 7.81. The molecular formula is C48H28N4O. The van der Waals surface area contributed by atoms with Crippen LogP contribution in [0.4, 0.5) is 0 Å². The molecule has 1 aliphatic carbocycles. The van der Waals surface area contributed by atoms with Crippen molar-refractivity contribution in [1.82, 2.24) is 19.9 Å². The smallest absolute Gasteiger partial charge is 0.164 e. The van der Waals surface area contributed by atoms with Crippen LogP contribution in [0.5, 0.6) is 0 Å². The summed E-state index contributed by atoms with van der Waals surface area (Å²) < 4.78 is 6.22. The van der Waals surface area contributed by atoms with Crippen molar-refractivity contribution in [2.45, 2.75) is 0 Å². The lowest BCUT2D eigenvalue weighted by Crippen LogP contribution is -2.00. The predicted molar refractivity (Wildman–Crippen MR) is 214 cm³/mol. The summed E-state index contributed by atoms with van der Waals surface area (Å²) in [4.78, 5) is 20.5. The van der Waals surface area contributed by atoms with Gasteiger partial charge in [-0.05, 0) is 58.0 Å². The monoisotopic (exact) mass is 676 g/mol. The number of hydrogen-bond acceptors (Lipinski definition) is 5. The lowest BCUT2D eigenvalue weighted by atomic mass is 9.98. The molecule has 0 N–H and O–H groups in total. The van der Waals surface area contributed by atoms with E-state index >= 15 is 0 Å². The molecule has 0 spiro atoms. The van der Waals surface area contributed by atoms with Crippen LogP contribution in [0.3, 0.4) is 0 Å². The highest BCUT2D eigenvalue weighted by atomic mass is 16.3. The number of rotatable bonds is 5. The van der Waals surface area contributed by atoms with Gasteiger partial charge in [0.25, 0.3) is 0 Å². The summed E-state index contributed by atoms with van der Waals surface area (Å²) >= 11 is 0. The first-order chi connectivity index (χ1) is 26.2. The summed E-state index contributed by atoms with van der Waals surface area (Å²) in [5.41, 5.74) is 13.2. The molecule has 0 amide bonds. The van der Waals surface area contributed by atoms with E-state index in [9.17, 15) is 0 Å². The van der Waals surface area contributed by atoms with Gasteiger partial charge in [-0.3, -0.25) is 0 Å². The van der Waals surface area contributed by atoms with Crippen molar-refractivity contribution in [2.24, 2.45) is 0 Å². The molecule has 0 saturated carbocycles. The van der Waals surface area contributed by atoms with Crippen LogP contribution in [0.2, 0.25) is 0 Å². The third kappa shape index (κ3) is 4.79. The molecule has 11 rings (SSSR count). The minimum atomic E-state index is 0.599. The molecule has 5 heteroatoms. The Bertz CT molecular complexity index is 3070. The number of fused-ring (bicyclic) bond motifs is 6. The van der Waals surface area contributed by atoms with E-state index in [4.69, 9.17) is 24.4 Å². The average Bonchev–Trinajstić information content (AvgIpc) is 3.78. The van der Waals surface area contributed by atoms with Gasteiger partial charge in [0.2, 0.25) is 0 Å². The SMILES string of the molecule is c1ccc(-c2nc(-c3cccc(-c4cc5cccc6c5c(n4)-c4ccccc4-6)c3)nc(-c3cccc(-c4cccc5oc6ccccc6c45)c3)n2)cc1. The molecule has 3 heterocycles. The van der Waals surface area contributed by atoms with Gasteiger partial charge >= 0.3 is 0 Å². The van der Waals surface area contributed by atoms with E-state index in [1.165, 1.54) is 27.5 Å². The summed E-state index contributed by atoms with van der Waals surface area (Å²) in [6.07, 6.45) is 0. The highest BCUT2D eigenvalue weighted by Gasteiger charge is 2.23. The largest absolute Gasteiger partial charge is 0.456 e. The molecule has 246 valence electrons. The molecule has 3 aromatic heterocycles. The molecule has 1 aliphatic rings. The maximum Gasteiger partial charge on any atom is 0.164 e. The van der Waals surface area contributed by atoms with E-state index in [2.05, 4.69) is 115 Å². The van der Waals surface area contributed by atoms with Gasteiger partial charge in [-0.2, -0.15) is 0 Å². The molecular weight excluding hydrogens is 649 g/mol. The maximum atomic E-state index is 6.22. The molecule has 0 unspecified atom stereocenters. The van der Waals surface area contributed by atoms with Crippen molar-refractivity contribution in [3.8, 4) is 78.9 Å². The number of benzene rings is 7. The summed E-state index contributed by atoms with van der Waals surface area (Å²) in [6.45, 7) is 0. The molecule has 53 heavy (non-hydrogen) atoms. The third-order valence-corrected chi connectivity index (χ3v) is 10.2. The highest BCUT2D eigenvalue weighted by molar-refractivity contribution is 6.15. The second kappa shape index (κ2) is 11.7. The number of hydrogen-bond donors (Lipinski definition) is 0. The van der Waals surface area contributed by atoms with Crippen LogP contribution in [0.15, 0.2) is 174 Å². The van der Waals surface area contributed by atoms with Gasteiger partial charge in [-0.15, -0.1) is 0 Å². The molecule has 5 nitrogen and oxygen atoms in total. The van der Waals surface area contributed by atoms with Gasteiger partial charge in [-0.1, -0.05) is 140 Å². The van der Waals surface area contributed by atoms with Crippen molar-refractivity contribution in [1.29, 1.82) is 0 Å². The molecule has 7 aromatic carbocycles. The van der Waals surface area contributed by atoms with E-state index in [0.29, 0.717) is 17.5 Å². The summed E-state index contributed by atoms with van der Waals surface area (Å²) in [5.74, 6) is 1.82. The van der Waals surface area contributed by atoms with Crippen LogP contribution in [0.25, 0.3) is 112 Å². The predicted octanol–water partition coefficient (Wildman–Crippen LogP) is 12.3. The molecule has 10 aromatic rings. The maximum absolute atomic E-state index is 6.22. The Hall–Kier alpha value is -7.24. The number of para-hydroxylation sites is 1. The van der Waals surface area contributed by atoms with E-state index in [1.807, 2.05) is 54.6 Å². The minimum Gasteiger partial charge on any atom is -0.456 e. The van der Waals surface area contributed by atoms with Crippen molar-refractivity contribution >= 4 is 32.7 Å². The van der Waals surface area contributed by atoms with E-state index < -0.39 is 0 Å². The normalized spacial score (nSPS) is 11.8. The average molecular weight is 677 g/mol. The van der Waals surface area contributed by atoms with Crippen molar-refractivity contribution < 1.29 is 4.42 Å². The standard InChI is InChI=1S/C48H28N4O/c1-2-12-29(13-3-1)46-50-47(33-17-8-14-30(26-33)35-22-11-25-42-44(35)39-21-6-7-24-41(39)53-42)52-48(51-46)34-18-9-15-31(27-34)40-28-32-16-10-23-37-36-19-4-5-20-38(36)45(49-40)43(32)37/h1-28H. The molecule has 0 saturated heterocycles. The lowest BCUT2D eigenvalue weighted by molar-refractivity contribution is 0.669. The van der Waals surface area contributed by atoms with Gasteiger partial charge in [0, 0.05) is 44.0 Å². The molecule has 0 radical (unpaired) electrons. The van der Waals surface area contributed by atoms with E-state index in [0.717, 1.165) is 66.7 Å². The Morgan fingerprint density at radius 2 is 0.906 bits per heavy atom. The van der Waals surface area contributed by atoms with Gasteiger partial charge in [-0.25, -0.2) is 19.9 Å². The quantitative estimate of drug-likeness (QED) is 0.181. The lowest BCUT2D eigenvalue weighted by Gasteiger charge is -2.11. The molecule has 0 atom stereocenters. The summed E-state index contributed by atoms with van der Waals surface area (Å²) in [5, 5.41) is 4.58. The van der Waals surface area contributed by atoms with Gasteiger partial charge in [0.1, 0.15) is 11.2 Å². The Labute approximate surface area is 304 Å². The first-order valence-electron chi connectivity index (χ1n) is 17.7. The van der Waals surface area contributed by atoms with Gasteiger partial charge in [0.15, 0.2) is 17.5 Å². The van der Waals surface area contributed by atoms with Crippen molar-refractivity contribution in [3.63, 3.8) is 0 Å². The van der Waals surface area contributed by atoms with E-state index in [-0.39, 0.29) is 0 Å². The number of furan rings is 1. The third-order valence-electron chi connectivity index (χ3n) is 10.2. The zero-order chi connectivity index (χ0) is 34.9. The molecule has 0 bridgehead atoms. The second-order valence-electron chi connectivity index (χ2n) is 13.4. The van der Waals surface area contributed by atoms with Crippen LogP contribution in [0.1, 0.15) is 0 Å². The molecule has 0 aliphatic heterocycles. The van der Waals surface area contributed by atoms with Gasteiger partial charge < -0.3 is 4.42 Å². The van der Waals surface area contributed by atoms with Crippen LogP contribution in [0, 0.1) is 0 Å². The van der Waals surface area contributed by atoms with Gasteiger partial charge in [0.05, 0.1) is 11.4 Å². The summed E-state index contributed by atoms with van der Waals surface area (Å²) in [7, 11) is 0. The van der Waals surface area contributed by atoms with E-state index in [1.54, 1.807) is 0 Å². The first kappa shape index (κ1) is 29.5. The van der Waals surface area contributed by atoms with Crippen LogP contribution in [-0.2, 0) is 0 Å². The Morgan fingerprint density at radius 3 is 1.74 bits per heavy atom. The van der Waals surface area contributed by atoms with Crippen molar-refractivity contribution in [2.75, 3.05) is 0 Å². The number of nitrogens with zero attached hydrogens (tertiary/aromatic N) is 4. The molecule has 0 fully saturated rings. The van der Waals surface area contributed by atoms with Crippen LogP contribution >= 0.6 is 0 Å². The van der Waals surface area contributed by atoms with Crippen LogP contribution in [-0.4, -0.2) is 19.9 Å². The number of aromatic nitrogens is 4. The Balaban J connectivity index is 1.05. The van der Waals surface area contributed by atoms with Crippen molar-refractivity contribution in [3.05, 3.63) is 170 Å². The summed E-state index contributed by atoms with van der Waals surface area (Å²) in [6, 6.07) is 58.5.